The maximum absolute atomic E-state index is 12.1. The van der Waals surface area contributed by atoms with Gasteiger partial charge in [0.1, 0.15) is 17.8 Å². The third-order valence-corrected chi connectivity index (χ3v) is 7.95. The Kier molecular flexibility index (Phi) is 5.03. The topological polar surface area (TPSA) is 132 Å². The first-order chi connectivity index (χ1) is 16.9. The molecule has 0 spiro atoms. The van der Waals surface area contributed by atoms with Crippen molar-refractivity contribution in [2.75, 3.05) is 24.1 Å². The molecule has 1 aliphatic heterocycles. The summed E-state index contributed by atoms with van der Waals surface area (Å²) in [5.41, 5.74) is 9.47. The molecule has 35 heavy (non-hydrogen) atoms. The van der Waals surface area contributed by atoms with Gasteiger partial charge in [-0.15, -0.1) is 0 Å². The molecule has 2 amide bonds. The van der Waals surface area contributed by atoms with Crippen LogP contribution in [0.3, 0.4) is 0 Å². The summed E-state index contributed by atoms with van der Waals surface area (Å²) < 4.78 is 2.94. The molecule has 2 aliphatic rings. The van der Waals surface area contributed by atoms with Crippen LogP contribution in [0.2, 0.25) is 0 Å². The number of hydrogen-bond acceptors (Lipinski definition) is 8. The lowest BCUT2D eigenvalue weighted by atomic mass is 10.0. The summed E-state index contributed by atoms with van der Waals surface area (Å²) in [5, 5.41) is 9.05. The summed E-state index contributed by atoms with van der Waals surface area (Å²) in [6.45, 7) is 6.59. The molecule has 3 N–H and O–H groups in total. The molecule has 1 saturated heterocycles. The van der Waals surface area contributed by atoms with Gasteiger partial charge in [-0.2, -0.15) is 5.10 Å². The zero-order valence-electron chi connectivity index (χ0n) is 19.1. The molecule has 0 radical (unpaired) electrons. The van der Waals surface area contributed by atoms with Crippen LogP contribution in [0.5, 0.6) is 0 Å². The van der Waals surface area contributed by atoms with Crippen molar-refractivity contribution in [2.45, 2.75) is 25.8 Å². The number of thiazole rings is 1. The largest absolute Gasteiger partial charge is 0.383 e. The summed E-state index contributed by atoms with van der Waals surface area (Å²) in [6, 6.07) is 6.07. The lowest BCUT2D eigenvalue weighted by Crippen LogP contribution is -2.28. The number of rotatable bonds is 4. The number of amides is 2. The van der Waals surface area contributed by atoms with Crippen LogP contribution in [-0.2, 0) is 9.59 Å². The van der Waals surface area contributed by atoms with Crippen molar-refractivity contribution in [2.24, 2.45) is 11.8 Å². The predicted octanol–water partition coefficient (Wildman–Crippen LogP) is 3.24. The number of nitrogens with one attached hydrogen (secondary N) is 1. The Hall–Kier alpha value is -3.86. The van der Waals surface area contributed by atoms with E-state index in [4.69, 9.17) is 10.8 Å². The lowest BCUT2D eigenvalue weighted by Gasteiger charge is -2.18. The normalized spacial score (nSPS) is 21.5. The summed E-state index contributed by atoms with van der Waals surface area (Å²) in [7, 11) is 0. The molecule has 2 fully saturated rings. The minimum Gasteiger partial charge on any atom is -0.383 e. The van der Waals surface area contributed by atoms with Crippen LogP contribution in [-0.4, -0.2) is 54.5 Å². The molecule has 4 heterocycles. The van der Waals surface area contributed by atoms with Gasteiger partial charge in [0.15, 0.2) is 10.8 Å². The van der Waals surface area contributed by atoms with Gasteiger partial charge < -0.3 is 16.0 Å². The van der Waals surface area contributed by atoms with Crippen LogP contribution in [0.1, 0.15) is 25.8 Å². The number of nitrogen functional groups attached to an aromatic ring is 1. The van der Waals surface area contributed by atoms with E-state index in [-0.39, 0.29) is 17.9 Å². The SMILES string of the molecule is C=CC(=O)N1CC2CC(n3nc(-c4ccc5nc(NC(C)=O)sc5c4)c4c(N)ncnc43)CC2C1. The summed E-state index contributed by atoms with van der Waals surface area (Å²) >= 11 is 1.41. The van der Waals surface area contributed by atoms with Crippen LogP contribution in [0.4, 0.5) is 10.9 Å². The zero-order chi connectivity index (χ0) is 24.3. The second-order valence-electron chi connectivity index (χ2n) is 9.23. The molecular formula is C24H24N8O2S. The Morgan fingerprint density at radius 1 is 1.23 bits per heavy atom. The van der Waals surface area contributed by atoms with Crippen molar-refractivity contribution in [3.05, 3.63) is 37.2 Å². The molecule has 0 bridgehead atoms. The third-order valence-electron chi connectivity index (χ3n) is 7.02. The molecular weight excluding hydrogens is 464 g/mol. The monoisotopic (exact) mass is 488 g/mol. The highest BCUT2D eigenvalue weighted by Gasteiger charge is 2.43. The molecule has 10 nitrogen and oxygen atoms in total. The number of likely N-dealkylation sites (tertiary alicyclic amines) is 1. The van der Waals surface area contributed by atoms with E-state index in [1.807, 2.05) is 27.8 Å². The minimum atomic E-state index is -0.155. The third kappa shape index (κ3) is 3.63. The molecule has 1 aromatic carbocycles. The Balaban J connectivity index is 1.37. The maximum Gasteiger partial charge on any atom is 0.245 e. The zero-order valence-corrected chi connectivity index (χ0v) is 20.0. The molecule has 2 atom stereocenters. The molecule has 1 saturated carbocycles. The molecule has 2 unspecified atom stereocenters. The van der Waals surface area contributed by atoms with E-state index in [9.17, 15) is 9.59 Å². The first-order valence-corrected chi connectivity index (χ1v) is 12.3. The number of anilines is 2. The second kappa shape index (κ2) is 8.12. The molecule has 3 aromatic heterocycles. The van der Waals surface area contributed by atoms with Crippen LogP contribution in [0.25, 0.3) is 32.5 Å². The van der Waals surface area contributed by atoms with Crippen molar-refractivity contribution in [1.82, 2.24) is 29.6 Å². The van der Waals surface area contributed by atoms with Gasteiger partial charge in [0, 0.05) is 25.6 Å². The van der Waals surface area contributed by atoms with E-state index >= 15 is 0 Å². The van der Waals surface area contributed by atoms with E-state index < -0.39 is 0 Å². The number of hydrogen-bond donors (Lipinski definition) is 2. The van der Waals surface area contributed by atoms with Crippen LogP contribution in [0.15, 0.2) is 37.2 Å². The highest BCUT2D eigenvalue weighted by Crippen LogP contribution is 2.45. The van der Waals surface area contributed by atoms with E-state index in [1.165, 1.54) is 30.7 Å². The number of carbonyl (C=O) groups is 2. The van der Waals surface area contributed by atoms with E-state index in [2.05, 4.69) is 26.8 Å². The van der Waals surface area contributed by atoms with E-state index in [0.29, 0.717) is 22.8 Å². The van der Waals surface area contributed by atoms with Gasteiger partial charge in [-0.05, 0) is 42.9 Å². The maximum atomic E-state index is 12.1. The fourth-order valence-corrected chi connectivity index (χ4v) is 6.46. The van der Waals surface area contributed by atoms with Crippen LogP contribution < -0.4 is 11.1 Å². The quantitative estimate of drug-likeness (QED) is 0.422. The fourth-order valence-electron chi connectivity index (χ4n) is 5.50. The minimum absolute atomic E-state index is 0.00316. The fraction of sp³-hybridized carbons (Fsp3) is 0.333. The number of nitrogens with two attached hydrogens (primary N) is 1. The van der Waals surface area contributed by atoms with Gasteiger partial charge >= 0.3 is 0 Å². The van der Waals surface area contributed by atoms with E-state index in [1.54, 1.807) is 0 Å². The summed E-state index contributed by atoms with van der Waals surface area (Å²) in [5.74, 6) is 1.11. The summed E-state index contributed by atoms with van der Waals surface area (Å²) in [4.78, 5) is 38.6. The smallest absolute Gasteiger partial charge is 0.245 e. The van der Waals surface area contributed by atoms with Crippen molar-refractivity contribution < 1.29 is 9.59 Å². The number of nitrogens with zero attached hydrogens (tertiary/aromatic N) is 6. The van der Waals surface area contributed by atoms with E-state index in [0.717, 1.165) is 58.4 Å². The second-order valence-corrected chi connectivity index (χ2v) is 10.3. The molecule has 4 aromatic rings. The molecule has 6 rings (SSSR count). The van der Waals surface area contributed by atoms with Crippen molar-refractivity contribution in [3.63, 3.8) is 0 Å². The number of benzene rings is 1. The van der Waals surface area contributed by atoms with Gasteiger partial charge in [-0.1, -0.05) is 24.0 Å². The van der Waals surface area contributed by atoms with Gasteiger partial charge in [-0.25, -0.2) is 19.6 Å². The van der Waals surface area contributed by atoms with Crippen LogP contribution in [0, 0.1) is 11.8 Å². The van der Waals surface area contributed by atoms with Gasteiger partial charge in [-0.3, -0.25) is 9.59 Å². The molecule has 1 aliphatic carbocycles. The number of aromatic nitrogens is 5. The van der Waals surface area contributed by atoms with Crippen molar-refractivity contribution >= 4 is 55.4 Å². The Morgan fingerprint density at radius 2 is 2.00 bits per heavy atom. The Labute approximate surface area is 204 Å². The van der Waals surface area contributed by atoms with Crippen molar-refractivity contribution in [1.29, 1.82) is 0 Å². The first kappa shape index (κ1) is 21.7. The van der Waals surface area contributed by atoms with Crippen molar-refractivity contribution in [3.8, 4) is 11.3 Å². The highest BCUT2D eigenvalue weighted by molar-refractivity contribution is 7.22. The Bertz CT molecular complexity index is 1490. The number of carbonyl (C=O) groups excluding carboxylic acids is 2. The molecule has 178 valence electrons. The Morgan fingerprint density at radius 3 is 2.71 bits per heavy atom. The average molecular weight is 489 g/mol. The average Bonchev–Trinajstić information content (AvgIpc) is 3.57. The standard InChI is InChI=1S/C24H24N8O2S/c1-3-19(34)31-9-14-6-16(7-15(14)10-31)32-23-20(22(25)26-11-27-23)21(30-32)13-4-5-17-18(8-13)35-24(29-17)28-12(2)33/h3-5,8,11,14-16H,1,6-7,9-10H2,2H3,(H2,25,26,27)(H,28,29,33). The van der Waals surface area contributed by atoms with Crippen LogP contribution >= 0.6 is 11.3 Å². The van der Waals surface area contributed by atoms with Gasteiger partial charge in [0.05, 0.1) is 21.6 Å². The number of fused-ring (bicyclic) bond motifs is 3. The summed E-state index contributed by atoms with van der Waals surface area (Å²) in [6.07, 6.45) is 4.73. The lowest BCUT2D eigenvalue weighted by molar-refractivity contribution is -0.125. The predicted molar refractivity (Wildman–Crippen MR) is 135 cm³/mol. The highest BCUT2D eigenvalue weighted by atomic mass is 32.1. The van der Waals surface area contributed by atoms with Gasteiger partial charge in [0.2, 0.25) is 11.8 Å². The van der Waals surface area contributed by atoms with Gasteiger partial charge in [0.25, 0.3) is 0 Å². The molecule has 11 heteroatoms. The first-order valence-electron chi connectivity index (χ1n) is 11.5.